The van der Waals surface area contributed by atoms with Crippen molar-refractivity contribution >= 4 is 39.4 Å². The quantitative estimate of drug-likeness (QED) is 0.421. The molecule has 0 spiro atoms. The number of rotatable bonds is 8. The van der Waals surface area contributed by atoms with Gasteiger partial charge in [0.1, 0.15) is 0 Å². The molecule has 0 heterocycles. The molecule has 1 fully saturated rings. The van der Waals surface area contributed by atoms with Gasteiger partial charge < -0.3 is 15.5 Å². The number of nitrogens with one attached hydrogen (secondary N) is 1. The van der Waals surface area contributed by atoms with Crippen LogP contribution in [-0.4, -0.2) is 52.3 Å². The Hall–Kier alpha value is -1.10. The third-order valence-electron chi connectivity index (χ3n) is 3.19. The second-order valence-corrected chi connectivity index (χ2v) is 7.92. The lowest BCUT2D eigenvalue weighted by Crippen LogP contribution is -2.33. The molecule has 1 amide bonds. The zero-order valence-electron chi connectivity index (χ0n) is 13.5. The first-order valence-electron chi connectivity index (χ1n) is 7.68. The smallest absolute Gasteiger partial charge is 0.481 e. The van der Waals surface area contributed by atoms with Gasteiger partial charge in [-0.2, -0.15) is 13.2 Å². The Morgan fingerprint density at radius 2 is 1.52 bits per heavy atom. The predicted octanol–water partition coefficient (Wildman–Crippen LogP) is 3.17. The van der Waals surface area contributed by atoms with Gasteiger partial charge in [-0.3, -0.25) is 9.59 Å². The van der Waals surface area contributed by atoms with Gasteiger partial charge in [-0.25, -0.2) is 4.79 Å². The Kier molecular flexibility index (Phi) is 12.6. The zero-order valence-corrected chi connectivity index (χ0v) is 15.1. The topological polar surface area (TPSA) is 104 Å². The molecule has 1 saturated carbocycles. The molecule has 3 N–H and O–H groups in total. The van der Waals surface area contributed by atoms with Crippen LogP contribution in [0, 0.1) is 5.92 Å². The molecular weight excluding hydrogens is 383 g/mol. The Bertz CT molecular complexity index is 429. The highest BCUT2D eigenvalue weighted by Gasteiger charge is 2.38. The SMILES string of the molecule is O=C(O)C(F)(F)F.O=C(O)CCSSCCNC(=O)C1CCCCC1. The molecule has 0 aromatic rings. The molecule has 0 radical (unpaired) electrons. The van der Waals surface area contributed by atoms with Crippen molar-refractivity contribution in [1.82, 2.24) is 5.32 Å². The molecule has 0 saturated heterocycles. The summed E-state index contributed by atoms with van der Waals surface area (Å²) in [6.07, 6.45) is 0.806. The van der Waals surface area contributed by atoms with Crippen LogP contribution >= 0.6 is 21.6 Å². The van der Waals surface area contributed by atoms with E-state index in [2.05, 4.69) is 5.32 Å². The van der Waals surface area contributed by atoms with E-state index < -0.39 is 18.1 Å². The molecule has 11 heteroatoms. The summed E-state index contributed by atoms with van der Waals surface area (Å²) in [4.78, 5) is 30.9. The second-order valence-electron chi connectivity index (χ2n) is 5.22. The van der Waals surface area contributed by atoms with Crippen LogP contribution in [-0.2, 0) is 14.4 Å². The van der Waals surface area contributed by atoms with E-state index in [1.807, 2.05) is 0 Å². The van der Waals surface area contributed by atoms with Crippen molar-refractivity contribution in [2.75, 3.05) is 18.1 Å². The molecule has 0 aromatic carbocycles. The minimum Gasteiger partial charge on any atom is -0.481 e. The molecular formula is C14H22F3NO5S2. The minimum absolute atomic E-state index is 0.200. The van der Waals surface area contributed by atoms with Gasteiger partial charge in [-0.15, -0.1) is 0 Å². The number of carbonyl (C=O) groups excluding carboxylic acids is 1. The summed E-state index contributed by atoms with van der Waals surface area (Å²) in [5.41, 5.74) is 0. The monoisotopic (exact) mass is 405 g/mol. The summed E-state index contributed by atoms with van der Waals surface area (Å²) in [6.45, 7) is 0.681. The van der Waals surface area contributed by atoms with Crippen LogP contribution in [0.2, 0.25) is 0 Å². The third-order valence-corrected chi connectivity index (χ3v) is 5.59. The molecule has 25 heavy (non-hydrogen) atoms. The van der Waals surface area contributed by atoms with E-state index in [-0.39, 0.29) is 18.2 Å². The molecule has 6 nitrogen and oxygen atoms in total. The second kappa shape index (κ2) is 13.2. The fourth-order valence-electron chi connectivity index (χ4n) is 1.97. The molecule has 1 aliphatic rings. The van der Waals surface area contributed by atoms with E-state index in [1.165, 1.54) is 19.3 Å². The van der Waals surface area contributed by atoms with Crippen molar-refractivity contribution in [3.8, 4) is 0 Å². The van der Waals surface area contributed by atoms with Gasteiger partial charge in [0.05, 0.1) is 6.42 Å². The van der Waals surface area contributed by atoms with Gasteiger partial charge in [-0.05, 0) is 12.8 Å². The van der Waals surface area contributed by atoms with E-state index in [1.54, 1.807) is 21.6 Å². The number of amides is 1. The van der Waals surface area contributed by atoms with Crippen LogP contribution in [0.3, 0.4) is 0 Å². The highest BCUT2D eigenvalue weighted by atomic mass is 33.1. The lowest BCUT2D eigenvalue weighted by Gasteiger charge is -2.20. The van der Waals surface area contributed by atoms with Gasteiger partial charge in [0.15, 0.2) is 0 Å². The number of carbonyl (C=O) groups is 3. The van der Waals surface area contributed by atoms with Crippen LogP contribution in [0.5, 0.6) is 0 Å². The lowest BCUT2D eigenvalue weighted by molar-refractivity contribution is -0.192. The molecule has 146 valence electrons. The van der Waals surface area contributed by atoms with E-state index in [9.17, 15) is 22.8 Å². The van der Waals surface area contributed by atoms with Crippen molar-refractivity contribution < 1.29 is 37.8 Å². The highest BCUT2D eigenvalue weighted by Crippen LogP contribution is 2.24. The lowest BCUT2D eigenvalue weighted by atomic mass is 9.89. The first kappa shape index (κ1) is 23.9. The zero-order chi connectivity index (χ0) is 19.3. The largest absolute Gasteiger partial charge is 0.490 e. The maximum Gasteiger partial charge on any atom is 0.490 e. The Morgan fingerprint density at radius 1 is 1.00 bits per heavy atom. The summed E-state index contributed by atoms with van der Waals surface area (Å²) in [7, 11) is 3.18. The van der Waals surface area contributed by atoms with Crippen LogP contribution in [0.25, 0.3) is 0 Å². The molecule has 1 rings (SSSR count). The average molecular weight is 405 g/mol. The summed E-state index contributed by atoms with van der Waals surface area (Å²) in [5, 5.41) is 18.5. The minimum atomic E-state index is -5.08. The van der Waals surface area contributed by atoms with Crippen LogP contribution in [0.1, 0.15) is 38.5 Å². The summed E-state index contributed by atoms with van der Waals surface area (Å²) in [5.74, 6) is -1.63. The van der Waals surface area contributed by atoms with Crippen molar-refractivity contribution in [2.24, 2.45) is 5.92 Å². The molecule has 1 aliphatic carbocycles. The van der Waals surface area contributed by atoms with E-state index in [0.29, 0.717) is 12.3 Å². The number of hydrogen-bond acceptors (Lipinski definition) is 5. The van der Waals surface area contributed by atoms with Crippen molar-refractivity contribution in [2.45, 2.75) is 44.7 Å². The maximum atomic E-state index is 11.8. The van der Waals surface area contributed by atoms with E-state index in [4.69, 9.17) is 15.0 Å². The standard InChI is InChI=1S/C12H21NO3S2.C2HF3O2/c14-11(15)6-8-17-18-9-7-13-12(16)10-4-2-1-3-5-10;3-2(4,5)1(6)7/h10H,1-9H2,(H,13,16)(H,14,15);(H,6,7). The first-order valence-corrected chi connectivity index (χ1v) is 10.2. The van der Waals surface area contributed by atoms with Crippen molar-refractivity contribution in [3.05, 3.63) is 0 Å². The van der Waals surface area contributed by atoms with Crippen LogP contribution in [0.15, 0.2) is 0 Å². The molecule has 0 aliphatic heterocycles. The number of carboxylic acids is 2. The third kappa shape index (κ3) is 13.8. The normalized spacial score (nSPS) is 15.0. The number of alkyl halides is 3. The maximum absolute atomic E-state index is 11.8. The Balaban J connectivity index is 0.000000697. The van der Waals surface area contributed by atoms with E-state index in [0.717, 1.165) is 18.6 Å². The van der Waals surface area contributed by atoms with Gasteiger partial charge in [0.2, 0.25) is 5.91 Å². The Morgan fingerprint density at radius 3 is 2.00 bits per heavy atom. The fourth-order valence-corrected chi connectivity index (χ4v) is 3.86. The fraction of sp³-hybridized carbons (Fsp3) is 0.786. The number of hydrogen-bond donors (Lipinski definition) is 3. The number of carboxylic acid groups (broad SMARTS) is 2. The van der Waals surface area contributed by atoms with Gasteiger partial charge >= 0.3 is 18.1 Å². The van der Waals surface area contributed by atoms with Crippen LogP contribution < -0.4 is 5.32 Å². The summed E-state index contributed by atoms with van der Waals surface area (Å²) >= 11 is 0. The van der Waals surface area contributed by atoms with Crippen molar-refractivity contribution in [1.29, 1.82) is 0 Å². The molecule has 0 unspecified atom stereocenters. The van der Waals surface area contributed by atoms with E-state index >= 15 is 0 Å². The van der Waals surface area contributed by atoms with Gasteiger partial charge in [-0.1, -0.05) is 40.9 Å². The van der Waals surface area contributed by atoms with Crippen molar-refractivity contribution in [3.63, 3.8) is 0 Å². The highest BCUT2D eigenvalue weighted by molar-refractivity contribution is 8.76. The van der Waals surface area contributed by atoms with Crippen LogP contribution in [0.4, 0.5) is 13.2 Å². The van der Waals surface area contributed by atoms with Gasteiger partial charge in [0.25, 0.3) is 0 Å². The Labute approximate surface area is 151 Å². The number of halogens is 3. The summed E-state index contributed by atoms with van der Waals surface area (Å²) in [6, 6.07) is 0. The first-order chi connectivity index (χ1) is 11.6. The number of aliphatic carboxylic acids is 2. The molecule has 0 atom stereocenters. The average Bonchev–Trinajstić information content (AvgIpc) is 2.54. The predicted molar refractivity (Wildman–Crippen MR) is 90.4 cm³/mol. The molecule has 0 aromatic heterocycles. The summed E-state index contributed by atoms with van der Waals surface area (Å²) < 4.78 is 31.7. The van der Waals surface area contributed by atoms with Gasteiger partial charge in [0, 0.05) is 24.0 Å². The molecule has 0 bridgehead atoms.